The minimum Gasteiger partial charge on any atom is -0.282 e. The van der Waals surface area contributed by atoms with Crippen molar-refractivity contribution in [1.82, 2.24) is 4.90 Å². The lowest BCUT2D eigenvalue weighted by molar-refractivity contribution is -0.121. The summed E-state index contributed by atoms with van der Waals surface area (Å²) in [6, 6.07) is 17.3. The number of rotatable bonds is 5. The second-order valence-electron chi connectivity index (χ2n) is 5.39. The summed E-state index contributed by atoms with van der Waals surface area (Å²) < 4.78 is 28.9. The van der Waals surface area contributed by atoms with Gasteiger partial charge < -0.3 is 0 Å². The highest BCUT2D eigenvalue weighted by Crippen LogP contribution is 2.33. The molecule has 0 saturated carbocycles. The van der Waals surface area contributed by atoms with Crippen LogP contribution in [0.15, 0.2) is 87.5 Å². The maximum atomic E-state index is 12.6. The number of sulfonamides is 1. The Kier molecular flexibility index (Phi) is 5.39. The predicted octanol–water partition coefficient (Wildman–Crippen LogP) is 3.53. The van der Waals surface area contributed by atoms with Gasteiger partial charge in [-0.2, -0.15) is 8.42 Å². The standard InChI is InChI=1S/C19H16N2O3S2/c1-2-13-21-18(22)17(14-15-9-5-3-6-10-15)25-19(21)20-26(23,24)16-11-7-4-8-12-16/h2-12,14H,1,13H2/b17-14-,20-19+. The minimum atomic E-state index is -3.90. The third-order valence-electron chi connectivity index (χ3n) is 3.54. The van der Waals surface area contributed by atoms with Crippen LogP contribution in [0.3, 0.4) is 0 Å². The summed E-state index contributed by atoms with van der Waals surface area (Å²) in [5.41, 5.74) is 0.856. The van der Waals surface area contributed by atoms with Gasteiger partial charge in [-0.1, -0.05) is 54.6 Å². The number of nitrogens with zero attached hydrogens (tertiary/aromatic N) is 2. The zero-order valence-corrected chi connectivity index (χ0v) is 15.4. The molecule has 0 unspecified atom stereocenters. The molecule has 1 aliphatic heterocycles. The van der Waals surface area contributed by atoms with E-state index in [1.165, 1.54) is 23.1 Å². The van der Waals surface area contributed by atoms with Gasteiger partial charge in [0.15, 0.2) is 5.17 Å². The second-order valence-corrected chi connectivity index (χ2v) is 8.00. The van der Waals surface area contributed by atoms with Crippen molar-refractivity contribution in [3.05, 3.63) is 83.8 Å². The van der Waals surface area contributed by atoms with E-state index in [4.69, 9.17) is 0 Å². The van der Waals surface area contributed by atoms with Crippen molar-refractivity contribution in [2.75, 3.05) is 6.54 Å². The van der Waals surface area contributed by atoms with E-state index in [0.29, 0.717) is 4.91 Å². The third-order valence-corrected chi connectivity index (χ3v) is 5.94. The summed E-state index contributed by atoms with van der Waals surface area (Å²) in [5.74, 6) is -0.291. The number of hydrogen-bond donors (Lipinski definition) is 0. The third kappa shape index (κ3) is 3.95. The number of amidine groups is 1. The summed E-state index contributed by atoms with van der Waals surface area (Å²) in [4.78, 5) is 14.5. The molecule has 7 heteroatoms. The van der Waals surface area contributed by atoms with E-state index < -0.39 is 10.0 Å². The van der Waals surface area contributed by atoms with Crippen LogP contribution in [0.2, 0.25) is 0 Å². The van der Waals surface area contributed by atoms with Crippen molar-refractivity contribution in [2.24, 2.45) is 4.40 Å². The van der Waals surface area contributed by atoms with Gasteiger partial charge >= 0.3 is 0 Å². The molecule has 0 bridgehead atoms. The van der Waals surface area contributed by atoms with Gasteiger partial charge in [0.2, 0.25) is 0 Å². The molecule has 1 saturated heterocycles. The predicted molar refractivity (Wildman–Crippen MR) is 105 cm³/mol. The molecule has 0 radical (unpaired) electrons. The van der Waals surface area contributed by atoms with Crippen LogP contribution in [0.5, 0.6) is 0 Å². The van der Waals surface area contributed by atoms with E-state index in [-0.39, 0.29) is 22.5 Å². The van der Waals surface area contributed by atoms with E-state index in [9.17, 15) is 13.2 Å². The molecule has 0 aromatic heterocycles. The molecule has 1 heterocycles. The Morgan fingerprint density at radius 3 is 2.27 bits per heavy atom. The van der Waals surface area contributed by atoms with Crippen molar-refractivity contribution in [1.29, 1.82) is 0 Å². The maximum Gasteiger partial charge on any atom is 0.284 e. The number of thioether (sulfide) groups is 1. The molecule has 1 fully saturated rings. The Morgan fingerprint density at radius 1 is 1.04 bits per heavy atom. The number of carbonyl (C=O) groups is 1. The SMILES string of the molecule is C=CCN1C(=O)/C(=C/c2ccccc2)S/C1=N/S(=O)(=O)c1ccccc1. The summed E-state index contributed by atoms with van der Waals surface area (Å²) in [7, 11) is -3.90. The minimum absolute atomic E-state index is 0.0830. The van der Waals surface area contributed by atoms with Crippen molar-refractivity contribution in [3.8, 4) is 0 Å². The Bertz CT molecular complexity index is 982. The van der Waals surface area contributed by atoms with Crippen molar-refractivity contribution >= 4 is 38.9 Å². The Hall–Kier alpha value is -2.64. The van der Waals surface area contributed by atoms with Crippen molar-refractivity contribution < 1.29 is 13.2 Å². The van der Waals surface area contributed by atoms with Gasteiger partial charge in [0.25, 0.3) is 15.9 Å². The van der Waals surface area contributed by atoms with E-state index in [1.54, 1.807) is 24.3 Å². The molecule has 26 heavy (non-hydrogen) atoms. The van der Waals surface area contributed by atoms with Gasteiger partial charge in [-0.05, 0) is 35.5 Å². The van der Waals surface area contributed by atoms with Gasteiger partial charge in [0.05, 0.1) is 9.80 Å². The van der Waals surface area contributed by atoms with E-state index in [1.807, 2.05) is 30.3 Å². The average molecular weight is 384 g/mol. The van der Waals surface area contributed by atoms with Crippen LogP contribution in [0.25, 0.3) is 6.08 Å². The lowest BCUT2D eigenvalue weighted by Crippen LogP contribution is -2.29. The van der Waals surface area contributed by atoms with Gasteiger partial charge in [0.1, 0.15) is 0 Å². The van der Waals surface area contributed by atoms with Gasteiger partial charge in [-0.15, -0.1) is 11.0 Å². The van der Waals surface area contributed by atoms with Crippen LogP contribution in [0.4, 0.5) is 0 Å². The molecular formula is C19H16N2O3S2. The summed E-state index contributed by atoms with van der Waals surface area (Å²) in [5, 5.41) is 0.126. The molecular weight excluding hydrogens is 368 g/mol. The topological polar surface area (TPSA) is 66.8 Å². The fourth-order valence-electron chi connectivity index (χ4n) is 2.31. The summed E-state index contributed by atoms with van der Waals surface area (Å²) in [6.45, 7) is 3.81. The molecule has 132 valence electrons. The van der Waals surface area contributed by atoms with Crippen LogP contribution in [-0.2, 0) is 14.8 Å². The Balaban J connectivity index is 1.99. The summed E-state index contributed by atoms with van der Waals surface area (Å²) >= 11 is 1.04. The maximum absolute atomic E-state index is 12.6. The first-order chi connectivity index (χ1) is 12.5. The monoisotopic (exact) mass is 384 g/mol. The quantitative estimate of drug-likeness (QED) is 0.584. The van der Waals surface area contributed by atoms with Gasteiger partial charge in [-0.3, -0.25) is 9.69 Å². The second kappa shape index (κ2) is 7.72. The molecule has 2 aromatic carbocycles. The largest absolute Gasteiger partial charge is 0.284 e. The lowest BCUT2D eigenvalue weighted by Gasteiger charge is -2.12. The Labute approximate surface area is 156 Å². The van der Waals surface area contributed by atoms with Crippen molar-refractivity contribution in [3.63, 3.8) is 0 Å². The molecule has 1 aliphatic rings. The fourth-order valence-corrected chi connectivity index (χ4v) is 4.53. The van der Waals surface area contributed by atoms with E-state index >= 15 is 0 Å². The zero-order valence-electron chi connectivity index (χ0n) is 13.8. The van der Waals surface area contributed by atoms with Crippen LogP contribution in [0, 0.1) is 0 Å². The van der Waals surface area contributed by atoms with Gasteiger partial charge in [0, 0.05) is 6.54 Å². The molecule has 0 atom stereocenters. The first kappa shape index (κ1) is 18.2. The average Bonchev–Trinajstić information content (AvgIpc) is 2.92. The summed E-state index contributed by atoms with van der Waals surface area (Å²) in [6.07, 6.45) is 3.26. The van der Waals surface area contributed by atoms with E-state index in [0.717, 1.165) is 17.3 Å². The highest BCUT2D eigenvalue weighted by atomic mass is 32.2. The molecule has 1 amide bonds. The molecule has 3 rings (SSSR count). The Morgan fingerprint density at radius 2 is 1.65 bits per heavy atom. The highest BCUT2D eigenvalue weighted by Gasteiger charge is 2.34. The van der Waals surface area contributed by atoms with Crippen LogP contribution < -0.4 is 0 Å². The van der Waals surface area contributed by atoms with E-state index in [2.05, 4.69) is 11.0 Å². The normalized spacial score (nSPS) is 17.8. The lowest BCUT2D eigenvalue weighted by atomic mass is 10.2. The number of carbonyl (C=O) groups excluding carboxylic acids is 1. The molecule has 0 N–H and O–H groups in total. The molecule has 0 aliphatic carbocycles. The van der Waals surface area contributed by atoms with Crippen molar-refractivity contribution in [2.45, 2.75) is 4.90 Å². The molecule has 5 nitrogen and oxygen atoms in total. The molecule has 0 spiro atoms. The number of benzene rings is 2. The number of amides is 1. The van der Waals surface area contributed by atoms with Gasteiger partial charge in [-0.25, -0.2) is 0 Å². The fraction of sp³-hybridized carbons (Fsp3) is 0.0526. The molecule has 2 aromatic rings. The zero-order chi connectivity index (χ0) is 18.6. The van der Waals surface area contributed by atoms with Crippen LogP contribution in [-0.4, -0.2) is 30.9 Å². The van der Waals surface area contributed by atoms with Crippen LogP contribution in [0.1, 0.15) is 5.56 Å². The number of hydrogen-bond acceptors (Lipinski definition) is 4. The highest BCUT2D eigenvalue weighted by molar-refractivity contribution is 8.19. The first-order valence-corrected chi connectivity index (χ1v) is 10.0. The van der Waals surface area contributed by atoms with Crippen LogP contribution >= 0.6 is 11.8 Å². The smallest absolute Gasteiger partial charge is 0.282 e. The first-order valence-electron chi connectivity index (χ1n) is 7.78.